The summed E-state index contributed by atoms with van der Waals surface area (Å²) in [5, 5.41) is 3.20. The van der Waals surface area contributed by atoms with Gasteiger partial charge in [-0.1, -0.05) is 7.43 Å². The molecular weight excluding hydrogens is 754 g/mol. The number of aromatic amines is 2. The van der Waals surface area contributed by atoms with Crippen LogP contribution in [0.15, 0.2) is 94.8 Å². The lowest BCUT2D eigenvalue weighted by Gasteiger charge is -2.32. The number of hydrogen-bond acceptors (Lipinski definition) is 6. The Labute approximate surface area is 322 Å². The molecule has 0 saturated carbocycles. The Bertz CT molecular complexity index is 2440. The molecule has 2 saturated heterocycles. The third kappa shape index (κ3) is 8.62. The Hall–Kier alpha value is -5.84. The fourth-order valence-electron chi connectivity index (χ4n) is 7.46. The second-order valence-electron chi connectivity index (χ2n) is 13.9. The maximum absolute atomic E-state index is 13.1. The number of anilines is 2. The minimum absolute atomic E-state index is 0. The van der Waals surface area contributed by atoms with Crippen LogP contribution in [0.3, 0.4) is 0 Å². The summed E-state index contributed by atoms with van der Waals surface area (Å²) in [5.74, 6) is -0.0901. The number of fused-ring (bicyclic) bond motifs is 2. The van der Waals surface area contributed by atoms with Gasteiger partial charge in [-0.2, -0.15) is 26.3 Å². The summed E-state index contributed by atoms with van der Waals surface area (Å²) in [4.78, 5) is 50.5. The van der Waals surface area contributed by atoms with E-state index in [1.165, 1.54) is 16.7 Å². The smallest absolute Gasteiger partial charge is 0.345 e. The molecule has 2 aliphatic rings. The molecule has 57 heavy (non-hydrogen) atoms. The molecule has 2 fully saturated rings. The summed E-state index contributed by atoms with van der Waals surface area (Å²) < 4.78 is 80.2. The first-order chi connectivity index (χ1) is 26.7. The van der Waals surface area contributed by atoms with Gasteiger partial charge in [0.1, 0.15) is 0 Å². The quantitative estimate of drug-likeness (QED) is 0.153. The van der Waals surface area contributed by atoms with E-state index >= 15 is 0 Å². The van der Waals surface area contributed by atoms with Crippen LogP contribution in [0.2, 0.25) is 0 Å². The first kappa shape index (κ1) is 40.8. The third-order valence-electron chi connectivity index (χ3n) is 10.4. The Kier molecular flexibility index (Phi) is 11.7. The zero-order valence-electron chi connectivity index (χ0n) is 30.1. The predicted molar refractivity (Wildman–Crippen MR) is 206 cm³/mol. The van der Waals surface area contributed by atoms with Crippen LogP contribution >= 0.6 is 0 Å². The molecule has 6 aromatic rings. The SMILES string of the molecule is C.CN(c1ccncc1)c1ccc(C(=O)N2CCC(n3c(=O)[nH]c4cc(C(F)(F)F)ccc43)CC2)cc1.O=c1[nH]c2cc(C(F)(F)F)ccc2n1C1CCNCC1. The number of halogens is 6. The molecular formula is C40H42F6N8O3. The van der Waals surface area contributed by atoms with Crippen LogP contribution in [0.5, 0.6) is 0 Å². The molecule has 0 spiro atoms. The van der Waals surface area contributed by atoms with Crippen LogP contribution in [0.25, 0.3) is 22.1 Å². The largest absolute Gasteiger partial charge is 0.416 e. The number of carbonyl (C=O) groups is 1. The number of carbonyl (C=O) groups excluding carboxylic acids is 1. The normalized spacial score (nSPS) is 15.6. The van der Waals surface area contributed by atoms with Crippen molar-refractivity contribution in [3.8, 4) is 0 Å². The van der Waals surface area contributed by atoms with Gasteiger partial charge >= 0.3 is 23.7 Å². The van der Waals surface area contributed by atoms with Crippen LogP contribution in [0.4, 0.5) is 37.7 Å². The van der Waals surface area contributed by atoms with E-state index in [4.69, 9.17) is 0 Å². The number of nitrogens with one attached hydrogen (secondary N) is 3. The van der Waals surface area contributed by atoms with Gasteiger partial charge in [0.2, 0.25) is 0 Å². The van der Waals surface area contributed by atoms with Gasteiger partial charge in [0, 0.05) is 61.6 Å². The summed E-state index contributed by atoms with van der Waals surface area (Å²) in [6.07, 6.45) is -2.78. The molecule has 3 aromatic heterocycles. The molecule has 0 radical (unpaired) electrons. The van der Waals surface area contributed by atoms with Gasteiger partial charge in [-0.15, -0.1) is 0 Å². The van der Waals surface area contributed by atoms with Gasteiger partial charge in [-0.25, -0.2) is 9.59 Å². The number of benzene rings is 3. The molecule has 2 aliphatic heterocycles. The molecule has 302 valence electrons. The molecule has 8 rings (SSSR count). The Morgan fingerprint density at radius 3 is 1.61 bits per heavy atom. The van der Waals surface area contributed by atoms with Gasteiger partial charge < -0.3 is 25.1 Å². The van der Waals surface area contributed by atoms with Crippen LogP contribution in [-0.4, -0.2) is 68.1 Å². The lowest BCUT2D eigenvalue weighted by Crippen LogP contribution is -2.40. The van der Waals surface area contributed by atoms with Crippen molar-refractivity contribution in [3.63, 3.8) is 0 Å². The minimum atomic E-state index is -4.48. The van der Waals surface area contributed by atoms with Gasteiger partial charge in [-0.05, 0) is 112 Å². The monoisotopic (exact) mass is 796 g/mol. The molecule has 11 nitrogen and oxygen atoms in total. The third-order valence-corrected chi connectivity index (χ3v) is 10.4. The van der Waals surface area contributed by atoms with E-state index in [9.17, 15) is 40.7 Å². The number of likely N-dealkylation sites (tertiary alicyclic amines) is 1. The standard InChI is InChI=1S/C26H24F3N5O2.C13H14F3N3O.CH4/c1-32(20-8-12-30-13-9-20)19-5-2-17(3-6-19)24(35)33-14-10-21(11-15-33)34-23-7-4-18(26(27,28)29)16-22(23)31-25(34)36;14-13(15,16)8-1-2-11-10(7-8)18-12(20)19(11)9-3-5-17-6-4-9;/h2-9,12-13,16,21H,10-11,14-15H2,1H3,(H,31,36);1-2,7,9,17H,3-6H2,(H,18,20);1H4. The average molecular weight is 797 g/mol. The molecule has 17 heteroatoms. The van der Waals surface area contributed by atoms with E-state index in [2.05, 4.69) is 20.3 Å². The number of H-pyrrole nitrogens is 2. The molecule has 1 amide bonds. The lowest BCUT2D eigenvalue weighted by atomic mass is 10.0. The zero-order valence-corrected chi connectivity index (χ0v) is 30.1. The van der Waals surface area contributed by atoms with Crippen molar-refractivity contribution in [2.24, 2.45) is 0 Å². The number of amides is 1. The van der Waals surface area contributed by atoms with Crippen molar-refractivity contribution in [1.82, 2.24) is 34.3 Å². The zero-order chi connectivity index (χ0) is 39.8. The maximum Gasteiger partial charge on any atom is 0.416 e. The van der Waals surface area contributed by atoms with Crippen molar-refractivity contribution in [2.75, 3.05) is 38.1 Å². The molecule has 0 atom stereocenters. The second kappa shape index (κ2) is 16.3. The van der Waals surface area contributed by atoms with E-state index in [0.717, 1.165) is 61.6 Å². The minimum Gasteiger partial charge on any atom is -0.345 e. The Balaban J connectivity index is 0.000000221. The average Bonchev–Trinajstić information content (AvgIpc) is 3.71. The first-order valence-electron chi connectivity index (χ1n) is 18.1. The van der Waals surface area contributed by atoms with Gasteiger partial charge in [0.15, 0.2) is 0 Å². The number of piperidine rings is 2. The van der Waals surface area contributed by atoms with Crippen LogP contribution in [0.1, 0.15) is 66.7 Å². The topological polar surface area (TPSA) is 124 Å². The van der Waals surface area contributed by atoms with Crippen LogP contribution in [0, 0.1) is 0 Å². The van der Waals surface area contributed by atoms with Crippen molar-refractivity contribution in [3.05, 3.63) is 123 Å². The van der Waals surface area contributed by atoms with Crippen LogP contribution < -0.4 is 21.6 Å². The lowest BCUT2D eigenvalue weighted by molar-refractivity contribution is -0.138. The number of hydrogen-bond donors (Lipinski definition) is 3. The number of pyridine rings is 1. The predicted octanol–water partition coefficient (Wildman–Crippen LogP) is 7.90. The number of nitrogens with zero attached hydrogens (tertiary/aromatic N) is 5. The van der Waals surface area contributed by atoms with Crippen molar-refractivity contribution >= 4 is 39.3 Å². The van der Waals surface area contributed by atoms with Crippen LogP contribution in [-0.2, 0) is 12.4 Å². The number of imidazole rings is 2. The van der Waals surface area contributed by atoms with E-state index < -0.39 is 29.2 Å². The molecule has 0 aliphatic carbocycles. The molecule has 5 heterocycles. The highest BCUT2D eigenvalue weighted by atomic mass is 19.4. The number of alkyl halides is 6. The maximum atomic E-state index is 13.1. The van der Waals surface area contributed by atoms with Crippen molar-refractivity contribution in [1.29, 1.82) is 0 Å². The van der Waals surface area contributed by atoms with E-state index in [1.54, 1.807) is 34.0 Å². The number of aromatic nitrogens is 5. The van der Waals surface area contributed by atoms with E-state index in [-0.39, 0.29) is 42.1 Å². The molecule has 3 N–H and O–H groups in total. The first-order valence-corrected chi connectivity index (χ1v) is 18.1. The summed E-state index contributed by atoms with van der Waals surface area (Å²) in [5.41, 5.74) is 1.52. The van der Waals surface area contributed by atoms with Gasteiger partial charge in [0.05, 0.1) is 33.2 Å². The summed E-state index contributed by atoms with van der Waals surface area (Å²) >= 11 is 0. The van der Waals surface area contributed by atoms with Crippen molar-refractivity contribution in [2.45, 2.75) is 57.5 Å². The highest BCUT2D eigenvalue weighted by Gasteiger charge is 2.33. The highest BCUT2D eigenvalue weighted by Crippen LogP contribution is 2.34. The van der Waals surface area contributed by atoms with Gasteiger partial charge in [0.25, 0.3) is 5.91 Å². The number of rotatable bonds is 5. The van der Waals surface area contributed by atoms with Gasteiger partial charge in [-0.3, -0.25) is 18.9 Å². The molecule has 3 aromatic carbocycles. The van der Waals surface area contributed by atoms with E-state index in [1.807, 2.05) is 36.2 Å². The fraction of sp³-hybridized carbons (Fsp3) is 0.350. The Morgan fingerprint density at radius 1 is 0.684 bits per heavy atom. The van der Waals surface area contributed by atoms with Crippen molar-refractivity contribution < 1.29 is 31.1 Å². The molecule has 0 bridgehead atoms. The fourth-order valence-corrected chi connectivity index (χ4v) is 7.46. The second-order valence-corrected chi connectivity index (χ2v) is 13.9. The summed E-state index contributed by atoms with van der Waals surface area (Å²) in [6.45, 7) is 2.51. The summed E-state index contributed by atoms with van der Waals surface area (Å²) in [7, 11) is 1.94. The summed E-state index contributed by atoms with van der Waals surface area (Å²) in [6, 6.07) is 17.7. The van der Waals surface area contributed by atoms with E-state index in [0.29, 0.717) is 42.5 Å². The Morgan fingerprint density at radius 2 is 1.14 bits per heavy atom. The molecule has 0 unspecified atom stereocenters. The highest BCUT2D eigenvalue weighted by molar-refractivity contribution is 5.94.